The molecule has 1 aliphatic carbocycles. The van der Waals surface area contributed by atoms with Gasteiger partial charge in [-0.15, -0.1) is 11.3 Å². The standard InChI is InChI=1S/C26H27FN2O2S/c1-31-24-23(28-25(30)22-7-4-16-32-22)20-5-2-3-6-21(20)26(24)12-14-29(15-13-26)17-18-8-10-19(27)11-9-18/h2-11,16,23-24H,12-15,17H2,1H3,(H,28,30)/t23-,24+/m1/s1. The molecule has 1 spiro atoms. The average molecular weight is 451 g/mol. The molecule has 1 aromatic heterocycles. The number of hydrogen-bond donors (Lipinski definition) is 1. The second-order valence-electron chi connectivity index (χ2n) is 8.73. The smallest absolute Gasteiger partial charge is 0.261 e. The van der Waals surface area contributed by atoms with Gasteiger partial charge in [-0.25, -0.2) is 4.39 Å². The van der Waals surface area contributed by atoms with Crippen molar-refractivity contribution in [1.29, 1.82) is 0 Å². The number of carbonyl (C=O) groups excluding carboxylic acids is 1. The Labute approximate surface area is 192 Å². The summed E-state index contributed by atoms with van der Waals surface area (Å²) in [7, 11) is 1.76. The number of likely N-dealkylation sites (tertiary alicyclic amines) is 1. The normalized spacial score (nSPS) is 22.1. The topological polar surface area (TPSA) is 41.6 Å². The molecule has 166 valence electrons. The van der Waals surface area contributed by atoms with E-state index in [0.29, 0.717) is 4.88 Å². The summed E-state index contributed by atoms with van der Waals surface area (Å²) in [6, 6.07) is 18.8. The van der Waals surface area contributed by atoms with Gasteiger partial charge in [0.15, 0.2) is 0 Å². The lowest BCUT2D eigenvalue weighted by molar-refractivity contribution is -0.0121. The maximum absolute atomic E-state index is 13.2. The number of carbonyl (C=O) groups is 1. The van der Waals surface area contributed by atoms with Gasteiger partial charge in [0.25, 0.3) is 5.91 Å². The Balaban J connectivity index is 1.37. The Morgan fingerprint density at radius 1 is 1.12 bits per heavy atom. The van der Waals surface area contributed by atoms with Crippen molar-refractivity contribution in [3.63, 3.8) is 0 Å². The molecule has 2 atom stereocenters. The molecule has 2 aliphatic rings. The van der Waals surface area contributed by atoms with E-state index in [4.69, 9.17) is 4.74 Å². The molecule has 0 bridgehead atoms. The zero-order valence-corrected chi connectivity index (χ0v) is 18.9. The van der Waals surface area contributed by atoms with Gasteiger partial charge in [-0.2, -0.15) is 0 Å². The molecule has 2 heterocycles. The van der Waals surface area contributed by atoms with E-state index in [1.165, 1.54) is 29.0 Å². The number of thiophene rings is 1. The molecule has 0 saturated carbocycles. The summed E-state index contributed by atoms with van der Waals surface area (Å²) in [6.07, 6.45) is 1.79. The van der Waals surface area contributed by atoms with Crippen LogP contribution in [0.1, 0.15) is 45.2 Å². The van der Waals surface area contributed by atoms with Gasteiger partial charge in [-0.1, -0.05) is 42.5 Å². The highest BCUT2D eigenvalue weighted by molar-refractivity contribution is 7.12. The highest BCUT2D eigenvalue weighted by Gasteiger charge is 2.54. The van der Waals surface area contributed by atoms with Crippen molar-refractivity contribution in [1.82, 2.24) is 10.2 Å². The second-order valence-corrected chi connectivity index (χ2v) is 9.68. The lowest BCUT2D eigenvalue weighted by Crippen LogP contribution is -2.50. The fraction of sp³-hybridized carbons (Fsp3) is 0.346. The largest absolute Gasteiger partial charge is 0.378 e. The molecule has 1 aliphatic heterocycles. The minimum Gasteiger partial charge on any atom is -0.378 e. The third-order valence-corrected chi connectivity index (χ3v) is 7.90. The van der Waals surface area contributed by atoms with Gasteiger partial charge < -0.3 is 10.1 Å². The van der Waals surface area contributed by atoms with Crippen molar-refractivity contribution in [2.24, 2.45) is 0 Å². The fourth-order valence-corrected chi connectivity index (χ4v) is 6.13. The molecule has 32 heavy (non-hydrogen) atoms. The monoisotopic (exact) mass is 450 g/mol. The van der Waals surface area contributed by atoms with Gasteiger partial charge in [0.05, 0.1) is 17.0 Å². The van der Waals surface area contributed by atoms with Gasteiger partial charge in [-0.3, -0.25) is 9.69 Å². The van der Waals surface area contributed by atoms with E-state index in [2.05, 4.69) is 28.4 Å². The van der Waals surface area contributed by atoms with E-state index in [9.17, 15) is 9.18 Å². The van der Waals surface area contributed by atoms with Crippen LogP contribution in [0.15, 0.2) is 66.0 Å². The molecule has 4 nitrogen and oxygen atoms in total. The van der Waals surface area contributed by atoms with Crippen LogP contribution in [0.4, 0.5) is 4.39 Å². The van der Waals surface area contributed by atoms with Crippen molar-refractivity contribution >= 4 is 17.2 Å². The number of halogens is 1. The lowest BCUT2D eigenvalue weighted by Gasteiger charge is -2.44. The lowest BCUT2D eigenvalue weighted by atomic mass is 9.72. The molecule has 3 aromatic rings. The van der Waals surface area contributed by atoms with Crippen LogP contribution >= 0.6 is 11.3 Å². The van der Waals surface area contributed by atoms with Crippen LogP contribution in [0.2, 0.25) is 0 Å². The number of ether oxygens (including phenoxy) is 1. The summed E-state index contributed by atoms with van der Waals surface area (Å²) in [6.45, 7) is 2.67. The number of benzene rings is 2. The van der Waals surface area contributed by atoms with E-state index in [0.717, 1.165) is 43.6 Å². The molecular formula is C26H27FN2O2S. The zero-order valence-electron chi connectivity index (χ0n) is 18.1. The first-order chi connectivity index (χ1) is 15.6. The van der Waals surface area contributed by atoms with Crippen molar-refractivity contribution in [3.05, 3.63) is 93.4 Å². The van der Waals surface area contributed by atoms with E-state index in [1.54, 1.807) is 7.11 Å². The summed E-state index contributed by atoms with van der Waals surface area (Å²) in [4.78, 5) is 16.0. The summed E-state index contributed by atoms with van der Waals surface area (Å²) >= 11 is 1.45. The number of nitrogens with one attached hydrogen (secondary N) is 1. The second kappa shape index (κ2) is 8.77. The average Bonchev–Trinajstić information content (AvgIpc) is 3.44. The molecule has 0 unspecified atom stereocenters. The first kappa shape index (κ1) is 21.3. The molecule has 5 rings (SSSR count). The van der Waals surface area contributed by atoms with Gasteiger partial charge in [0, 0.05) is 19.1 Å². The van der Waals surface area contributed by atoms with Crippen LogP contribution < -0.4 is 5.32 Å². The number of hydrogen-bond acceptors (Lipinski definition) is 4. The number of piperidine rings is 1. The number of nitrogens with zero attached hydrogens (tertiary/aromatic N) is 1. The fourth-order valence-electron chi connectivity index (χ4n) is 5.50. The third-order valence-electron chi connectivity index (χ3n) is 7.03. The van der Waals surface area contributed by atoms with Crippen LogP contribution in [-0.4, -0.2) is 37.1 Å². The SMILES string of the molecule is CO[C@H]1[C@H](NC(=O)c2cccs2)c2ccccc2C12CCN(Cc1ccc(F)cc1)CC2. The molecule has 2 aromatic carbocycles. The Hall–Kier alpha value is -2.54. The number of rotatable bonds is 5. The minimum atomic E-state index is -0.201. The summed E-state index contributed by atoms with van der Waals surface area (Å²) in [5, 5.41) is 5.18. The molecule has 1 amide bonds. The van der Waals surface area contributed by atoms with Gasteiger partial charge in [0.1, 0.15) is 5.82 Å². The highest BCUT2D eigenvalue weighted by atomic mass is 32.1. The molecule has 1 saturated heterocycles. The van der Waals surface area contributed by atoms with Crippen LogP contribution in [0.5, 0.6) is 0 Å². The highest BCUT2D eigenvalue weighted by Crippen LogP contribution is 2.52. The van der Waals surface area contributed by atoms with Gasteiger partial charge in [0.2, 0.25) is 0 Å². The predicted octanol–water partition coefficient (Wildman–Crippen LogP) is 4.92. The van der Waals surface area contributed by atoms with Crippen LogP contribution in [0.3, 0.4) is 0 Å². The van der Waals surface area contributed by atoms with E-state index < -0.39 is 0 Å². The number of fused-ring (bicyclic) bond motifs is 2. The third kappa shape index (κ3) is 3.76. The van der Waals surface area contributed by atoms with Crippen LogP contribution in [0.25, 0.3) is 0 Å². The van der Waals surface area contributed by atoms with E-state index in [1.807, 2.05) is 35.7 Å². The Morgan fingerprint density at radius 2 is 1.88 bits per heavy atom. The Morgan fingerprint density at radius 3 is 2.56 bits per heavy atom. The van der Waals surface area contributed by atoms with E-state index >= 15 is 0 Å². The maximum Gasteiger partial charge on any atom is 0.261 e. The number of amides is 1. The van der Waals surface area contributed by atoms with Crippen LogP contribution in [-0.2, 0) is 16.7 Å². The van der Waals surface area contributed by atoms with E-state index in [-0.39, 0.29) is 29.3 Å². The maximum atomic E-state index is 13.2. The predicted molar refractivity (Wildman–Crippen MR) is 124 cm³/mol. The summed E-state index contributed by atoms with van der Waals surface area (Å²) < 4.78 is 19.4. The number of methoxy groups -OCH3 is 1. The minimum absolute atomic E-state index is 0.0485. The van der Waals surface area contributed by atoms with Gasteiger partial charge in [-0.05, 0) is 66.2 Å². The van der Waals surface area contributed by atoms with Crippen LogP contribution in [0, 0.1) is 5.82 Å². The molecule has 1 fully saturated rings. The summed E-state index contributed by atoms with van der Waals surface area (Å²) in [5.41, 5.74) is 3.46. The first-order valence-corrected chi connectivity index (χ1v) is 11.9. The van der Waals surface area contributed by atoms with Crippen molar-refractivity contribution < 1.29 is 13.9 Å². The molecule has 0 radical (unpaired) electrons. The zero-order chi connectivity index (χ0) is 22.1. The van der Waals surface area contributed by atoms with Crippen molar-refractivity contribution in [3.8, 4) is 0 Å². The molecular weight excluding hydrogens is 423 g/mol. The first-order valence-electron chi connectivity index (χ1n) is 11.0. The quantitative estimate of drug-likeness (QED) is 0.600. The van der Waals surface area contributed by atoms with Crippen molar-refractivity contribution in [2.45, 2.75) is 36.9 Å². The molecule has 6 heteroatoms. The summed E-state index contributed by atoms with van der Waals surface area (Å²) in [5.74, 6) is -0.250. The molecule has 1 N–H and O–H groups in total. The van der Waals surface area contributed by atoms with Gasteiger partial charge >= 0.3 is 0 Å². The Kier molecular flexibility index (Phi) is 5.84. The van der Waals surface area contributed by atoms with Crippen molar-refractivity contribution in [2.75, 3.05) is 20.2 Å². The Bertz CT molecular complexity index is 1080.